The second kappa shape index (κ2) is 5.86. The molecule has 0 fully saturated rings. The number of nitrogens with zero attached hydrogens (tertiary/aromatic N) is 2. The number of rotatable bonds is 5. The number of ether oxygens (including phenoxy) is 1. The molecule has 5 heteroatoms. The third-order valence-electron chi connectivity index (χ3n) is 2.93. The quantitative estimate of drug-likeness (QED) is 0.852. The van der Waals surface area contributed by atoms with Crippen LogP contribution < -0.4 is 10.5 Å². The molecule has 0 saturated heterocycles. The van der Waals surface area contributed by atoms with Crippen LogP contribution in [0.4, 0.5) is 0 Å². The Hall–Kier alpha value is -1.85. The van der Waals surface area contributed by atoms with Crippen molar-refractivity contribution in [2.45, 2.75) is 25.7 Å². The summed E-state index contributed by atoms with van der Waals surface area (Å²) in [4.78, 5) is 0. The summed E-state index contributed by atoms with van der Waals surface area (Å²) in [6, 6.07) is 7.21. The Kier molecular flexibility index (Phi) is 4.19. The van der Waals surface area contributed by atoms with Crippen LogP contribution in [-0.2, 0) is 13.7 Å². The zero-order valence-corrected chi connectivity index (χ0v) is 11.2. The lowest BCUT2D eigenvalue weighted by Gasteiger charge is -2.22. The fraction of sp³-hybridized carbons (Fsp3) is 0.357. The van der Waals surface area contributed by atoms with Crippen LogP contribution >= 0.6 is 0 Å². The van der Waals surface area contributed by atoms with Crippen LogP contribution in [0.15, 0.2) is 36.7 Å². The van der Waals surface area contributed by atoms with Gasteiger partial charge in [0.25, 0.3) is 0 Å². The number of aryl methyl sites for hydroxylation is 1. The van der Waals surface area contributed by atoms with Crippen molar-refractivity contribution in [3.63, 3.8) is 0 Å². The first-order valence-electron chi connectivity index (χ1n) is 6.21. The summed E-state index contributed by atoms with van der Waals surface area (Å²) in [6.45, 7) is 1.83. The van der Waals surface area contributed by atoms with Crippen molar-refractivity contribution >= 4 is 0 Å². The van der Waals surface area contributed by atoms with Crippen molar-refractivity contribution in [3.8, 4) is 5.75 Å². The number of nitrogens with two attached hydrogens (primary N) is 1. The lowest BCUT2D eigenvalue weighted by Crippen LogP contribution is -2.29. The van der Waals surface area contributed by atoms with E-state index in [1.165, 1.54) is 0 Å². The van der Waals surface area contributed by atoms with Gasteiger partial charge in [0, 0.05) is 30.4 Å². The van der Waals surface area contributed by atoms with Gasteiger partial charge in [-0.1, -0.05) is 18.2 Å². The molecule has 1 heterocycles. The van der Waals surface area contributed by atoms with E-state index in [1.807, 2.05) is 44.4 Å². The molecule has 2 atom stereocenters. The summed E-state index contributed by atoms with van der Waals surface area (Å²) >= 11 is 0. The Bertz CT molecular complexity index is 537. The van der Waals surface area contributed by atoms with E-state index in [1.54, 1.807) is 10.9 Å². The number of aromatic nitrogens is 2. The second-order valence-corrected chi connectivity index (χ2v) is 4.61. The number of aliphatic hydroxyl groups excluding tert-OH is 1. The van der Waals surface area contributed by atoms with Crippen LogP contribution in [0.25, 0.3) is 0 Å². The highest BCUT2D eigenvalue weighted by molar-refractivity contribution is 5.33. The van der Waals surface area contributed by atoms with Gasteiger partial charge in [-0.15, -0.1) is 0 Å². The number of benzene rings is 1. The molecule has 1 aromatic heterocycles. The molecular formula is C14H19N3O2. The van der Waals surface area contributed by atoms with Crippen molar-refractivity contribution in [1.29, 1.82) is 0 Å². The Labute approximate surface area is 112 Å². The number of para-hydroxylation sites is 1. The molecule has 0 aliphatic carbocycles. The topological polar surface area (TPSA) is 73.3 Å². The number of aliphatic hydroxyl groups is 1. The maximum absolute atomic E-state index is 9.32. The van der Waals surface area contributed by atoms with E-state index in [-0.39, 0.29) is 18.8 Å². The predicted octanol–water partition coefficient (Wildman–Crippen LogP) is 1.38. The van der Waals surface area contributed by atoms with Crippen molar-refractivity contribution in [2.24, 2.45) is 12.8 Å². The fourth-order valence-corrected chi connectivity index (χ4v) is 1.95. The lowest BCUT2D eigenvalue weighted by atomic mass is 10.1. The highest BCUT2D eigenvalue weighted by Crippen LogP contribution is 2.26. The van der Waals surface area contributed by atoms with E-state index in [9.17, 15) is 5.11 Å². The van der Waals surface area contributed by atoms with E-state index in [0.717, 1.165) is 11.1 Å². The standard InChI is InChI=1S/C14H19N3O2/c1-10(15)14(12-7-16-17(2)8-12)19-13-6-4-3-5-11(13)9-18/h3-8,10,14,18H,9,15H2,1-2H3. The van der Waals surface area contributed by atoms with Crippen molar-refractivity contribution in [2.75, 3.05) is 0 Å². The van der Waals surface area contributed by atoms with E-state index < -0.39 is 0 Å². The molecule has 0 saturated carbocycles. The molecule has 0 aliphatic rings. The van der Waals surface area contributed by atoms with Crippen molar-refractivity contribution < 1.29 is 9.84 Å². The Balaban J connectivity index is 2.26. The molecular weight excluding hydrogens is 242 g/mol. The van der Waals surface area contributed by atoms with Crippen molar-refractivity contribution in [3.05, 3.63) is 47.8 Å². The Morgan fingerprint density at radius 1 is 1.42 bits per heavy atom. The fourth-order valence-electron chi connectivity index (χ4n) is 1.95. The van der Waals surface area contributed by atoms with Crippen LogP contribution in [0, 0.1) is 0 Å². The van der Waals surface area contributed by atoms with Gasteiger partial charge >= 0.3 is 0 Å². The molecule has 3 N–H and O–H groups in total. The van der Waals surface area contributed by atoms with E-state index in [4.69, 9.17) is 10.5 Å². The minimum atomic E-state index is -0.290. The molecule has 2 unspecified atom stereocenters. The zero-order valence-electron chi connectivity index (χ0n) is 11.2. The average molecular weight is 261 g/mol. The van der Waals surface area contributed by atoms with Gasteiger partial charge in [0.2, 0.25) is 0 Å². The second-order valence-electron chi connectivity index (χ2n) is 4.61. The minimum absolute atomic E-state index is 0.0606. The first-order valence-corrected chi connectivity index (χ1v) is 6.21. The SMILES string of the molecule is CC(N)C(Oc1ccccc1CO)c1cnn(C)c1. The molecule has 2 aromatic rings. The lowest BCUT2D eigenvalue weighted by molar-refractivity contribution is 0.173. The molecule has 1 aromatic carbocycles. The van der Waals surface area contributed by atoms with E-state index in [2.05, 4.69) is 5.10 Å². The summed E-state index contributed by atoms with van der Waals surface area (Å²) in [5, 5.41) is 13.5. The molecule has 102 valence electrons. The van der Waals surface area contributed by atoms with Gasteiger partial charge in [0.1, 0.15) is 11.9 Å². The molecule has 5 nitrogen and oxygen atoms in total. The Morgan fingerprint density at radius 3 is 2.74 bits per heavy atom. The maximum Gasteiger partial charge on any atom is 0.141 e. The summed E-state index contributed by atoms with van der Waals surface area (Å²) < 4.78 is 7.67. The summed E-state index contributed by atoms with van der Waals surface area (Å²) in [6.07, 6.45) is 3.34. The molecule has 2 rings (SSSR count). The normalized spacial score (nSPS) is 14.1. The smallest absolute Gasteiger partial charge is 0.141 e. The minimum Gasteiger partial charge on any atom is -0.484 e. The van der Waals surface area contributed by atoms with E-state index >= 15 is 0 Å². The molecule has 0 bridgehead atoms. The van der Waals surface area contributed by atoms with Crippen LogP contribution in [0.1, 0.15) is 24.2 Å². The van der Waals surface area contributed by atoms with Crippen LogP contribution in [0.5, 0.6) is 5.75 Å². The van der Waals surface area contributed by atoms with Crippen molar-refractivity contribution in [1.82, 2.24) is 9.78 Å². The Morgan fingerprint density at radius 2 is 2.16 bits per heavy atom. The van der Waals surface area contributed by atoms with Gasteiger partial charge in [-0.3, -0.25) is 4.68 Å². The number of hydrogen-bond donors (Lipinski definition) is 2. The highest BCUT2D eigenvalue weighted by Gasteiger charge is 2.20. The molecule has 19 heavy (non-hydrogen) atoms. The molecule has 0 radical (unpaired) electrons. The largest absolute Gasteiger partial charge is 0.484 e. The third kappa shape index (κ3) is 3.13. The molecule has 0 aliphatic heterocycles. The van der Waals surface area contributed by atoms with E-state index in [0.29, 0.717) is 5.75 Å². The zero-order chi connectivity index (χ0) is 13.8. The maximum atomic E-state index is 9.32. The predicted molar refractivity (Wildman–Crippen MR) is 72.6 cm³/mol. The summed E-state index contributed by atoms with van der Waals surface area (Å²) in [7, 11) is 1.85. The van der Waals surface area contributed by atoms with Gasteiger partial charge in [-0.2, -0.15) is 5.10 Å². The summed E-state index contributed by atoms with van der Waals surface area (Å²) in [5.74, 6) is 0.649. The van der Waals surface area contributed by atoms with Gasteiger partial charge < -0.3 is 15.6 Å². The first kappa shape index (κ1) is 13.6. The van der Waals surface area contributed by atoms with Gasteiger partial charge in [-0.05, 0) is 13.0 Å². The van der Waals surface area contributed by atoms with Gasteiger partial charge in [-0.25, -0.2) is 0 Å². The van der Waals surface area contributed by atoms with Gasteiger partial charge in [0.05, 0.1) is 12.8 Å². The number of hydrogen-bond acceptors (Lipinski definition) is 4. The summed E-state index contributed by atoms with van der Waals surface area (Å²) in [5.41, 5.74) is 7.66. The van der Waals surface area contributed by atoms with Crippen LogP contribution in [-0.4, -0.2) is 20.9 Å². The average Bonchev–Trinajstić information content (AvgIpc) is 2.82. The van der Waals surface area contributed by atoms with Gasteiger partial charge in [0.15, 0.2) is 0 Å². The first-order chi connectivity index (χ1) is 9.11. The van der Waals surface area contributed by atoms with Crippen LogP contribution in [0.2, 0.25) is 0 Å². The van der Waals surface area contributed by atoms with Crippen LogP contribution in [0.3, 0.4) is 0 Å². The molecule has 0 spiro atoms. The third-order valence-corrected chi connectivity index (χ3v) is 2.93. The molecule has 0 amide bonds. The highest BCUT2D eigenvalue weighted by atomic mass is 16.5. The monoisotopic (exact) mass is 261 g/mol.